The van der Waals surface area contributed by atoms with Crippen LogP contribution in [0.1, 0.15) is 64.0 Å². The average Bonchev–Trinajstić information content (AvgIpc) is 3.49. The molecule has 0 spiro atoms. The third kappa shape index (κ3) is 3.26. The summed E-state index contributed by atoms with van der Waals surface area (Å²) in [6, 6.07) is 3.72. The van der Waals surface area contributed by atoms with Gasteiger partial charge in [-0.15, -0.1) is 11.3 Å². The van der Waals surface area contributed by atoms with Crippen molar-refractivity contribution in [2.75, 3.05) is 6.54 Å². The molecule has 1 aliphatic rings. The molecule has 166 valence electrons. The van der Waals surface area contributed by atoms with E-state index in [1.807, 2.05) is 0 Å². The van der Waals surface area contributed by atoms with Crippen LogP contribution in [0, 0.1) is 5.82 Å². The number of thiazole rings is 1. The highest BCUT2D eigenvalue weighted by Gasteiger charge is 2.40. The Hall–Kier alpha value is -3.25. The molecule has 0 saturated heterocycles. The van der Waals surface area contributed by atoms with Crippen LogP contribution in [-0.4, -0.2) is 42.4 Å². The van der Waals surface area contributed by atoms with Gasteiger partial charge in [0.2, 0.25) is 11.7 Å². The number of hydrogen-bond acceptors (Lipinski definition) is 7. The van der Waals surface area contributed by atoms with Gasteiger partial charge in [0, 0.05) is 18.7 Å². The Morgan fingerprint density at radius 1 is 1.38 bits per heavy atom. The number of para-hydroxylation sites is 1. The molecule has 0 bridgehead atoms. The number of aliphatic hydroxyl groups is 1. The third-order valence-electron chi connectivity index (χ3n) is 5.23. The number of amides is 1. The standard InChI is InChI=1S/C20H16F3N5O3S/c1-8(29)18-26-14(17(22)23)16(31-18)20(30)28-6-5-10-13(25-7-24-10)15(28)19-27-12-9(21)3-2-4-11(12)32-19/h2-4,7-8,15,17,29H,5-6H2,1H3,(H,24,25)/t8-,15+/m1/s1. The van der Waals surface area contributed by atoms with Gasteiger partial charge in [0.05, 0.1) is 16.7 Å². The number of aromatic nitrogens is 4. The topological polar surface area (TPSA) is 108 Å². The lowest BCUT2D eigenvalue weighted by molar-refractivity contribution is 0.0634. The number of aliphatic hydroxyl groups excluding tert-OH is 1. The van der Waals surface area contributed by atoms with Crippen LogP contribution in [0.15, 0.2) is 28.9 Å². The van der Waals surface area contributed by atoms with Gasteiger partial charge in [-0.1, -0.05) is 6.07 Å². The highest BCUT2D eigenvalue weighted by atomic mass is 32.1. The molecule has 1 aromatic carbocycles. The zero-order valence-electron chi connectivity index (χ0n) is 16.6. The van der Waals surface area contributed by atoms with E-state index >= 15 is 0 Å². The Morgan fingerprint density at radius 2 is 2.19 bits per heavy atom. The van der Waals surface area contributed by atoms with Gasteiger partial charge in [0.1, 0.15) is 28.5 Å². The molecule has 0 radical (unpaired) electrons. The summed E-state index contributed by atoms with van der Waals surface area (Å²) in [4.78, 5) is 30.0. The summed E-state index contributed by atoms with van der Waals surface area (Å²) in [6.45, 7) is 1.45. The monoisotopic (exact) mass is 463 g/mol. The van der Waals surface area contributed by atoms with Crippen molar-refractivity contribution < 1.29 is 27.5 Å². The number of H-pyrrole nitrogens is 1. The van der Waals surface area contributed by atoms with Crippen LogP contribution in [-0.2, 0) is 6.42 Å². The summed E-state index contributed by atoms with van der Waals surface area (Å²) in [5.41, 5.74) is 0.590. The molecule has 2 atom stereocenters. The number of oxazole rings is 1. The van der Waals surface area contributed by atoms with Crippen molar-refractivity contribution in [2.24, 2.45) is 0 Å². The largest absolute Gasteiger partial charge is 0.432 e. The molecule has 1 aliphatic heterocycles. The molecule has 0 saturated carbocycles. The normalized spacial score (nSPS) is 17.2. The number of carbonyl (C=O) groups is 1. The minimum absolute atomic E-state index is 0.157. The minimum Gasteiger partial charge on any atom is -0.432 e. The quantitative estimate of drug-likeness (QED) is 0.475. The number of halogens is 3. The van der Waals surface area contributed by atoms with E-state index in [4.69, 9.17) is 4.42 Å². The van der Waals surface area contributed by atoms with Gasteiger partial charge in [0.25, 0.3) is 12.3 Å². The van der Waals surface area contributed by atoms with E-state index in [1.54, 1.807) is 12.1 Å². The summed E-state index contributed by atoms with van der Waals surface area (Å²) in [7, 11) is 0. The van der Waals surface area contributed by atoms with E-state index in [2.05, 4.69) is 19.9 Å². The molecule has 2 N–H and O–H groups in total. The lowest BCUT2D eigenvalue weighted by atomic mass is 10.0. The predicted molar refractivity (Wildman–Crippen MR) is 107 cm³/mol. The number of benzene rings is 1. The molecule has 4 aromatic rings. The molecule has 5 rings (SSSR count). The Morgan fingerprint density at radius 3 is 2.91 bits per heavy atom. The second kappa shape index (κ2) is 7.71. The number of fused-ring (bicyclic) bond motifs is 2. The second-order valence-electron chi connectivity index (χ2n) is 7.30. The third-order valence-corrected chi connectivity index (χ3v) is 6.31. The number of nitrogens with one attached hydrogen (secondary N) is 1. The fourth-order valence-corrected chi connectivity index (χ4v) is 4.85. The van der Waals surface area contributed by atoms with Crippen molar-refractivity contribution in [3.63, 3.8) is 0 Å². The number of rotatable bonds is 4. The Balaban J connectivity index is 1.63. The van der Waals surface area contributed by atoms with E-state index in [0.717, 1.165) is 5.69 Å². The van der Waals surface area contributed by atoms with Gasteiger partial charge in [-0.3, -0.25) is 4.79 Å². The van der Waals surface area contributed by atoms with Crippen molar-refractivity contribution in [3.05, 3.63) is 64.1 Å². The van der Waals surface area contributed by atoms with E-state index < -0.39 is 41.7 Å². The first-order valence-corrected chi connectivity index (χ1v) is 10.5. The van der Waals surface area contributed by atoms with Crippen LogP contribution in [0.2, 0.25) is 0 Å². The highest BCUT2D eigenvalue weighted by molar-refractivity contribution is 7.18. The predicted octanol–water partition coefficient (Wildman–Crippen LogP) is 3.93. The lowest BCUT2D eigenvalue weighted by Crippen LogP contribution is -2.41. The van der Waals surface area contributed by atoms with E-state index in [0.29, 0.717) is 21.8 Å². The van der Waals surface area contributed by atoms with Crippen molar-refractivity contribution in [2.45, 2.75) is 31.9 Å². The Kier molecular flexibility index (Phi) is 4.97. The SMILES string of the molecule is C[C@@H](O)c1nc(C(F)F)c(C(=O)N2CCc3[nH]cnc3[C@H]2c2nc3c(F)cccc3s2)o1. The molecule has 12 heteroatoms. The Labute approximate surface area is 182 Å². The number of carbonyl (C=O) groups excluding carboxylic acids is 1. The fourth-order valence-electron chi connectivity index (χ4n) is 3.75. The van der Waals surface area contributed by atoms with Crippen LogP contribution in [0.4, 0.5) is 13.2 Å². The molecule has 8 nitrogen and oxygen atoms in total. The molecule has 4 heterocycles. The summed E-state index contributed by atoms with van der Waals surface area (Å²) in [6.07, 6.45) is -2.47. The van der Waals surface area contributed by atoms with Gasteiger partial charge in [0.15, 0.2) is 5.69 Å². The highest BCUT2D eigenvalue weighted by Crippen LogP contribution is 2.39. The van der Waals surface area contributed by atoms with Crippen LogP contribution < -0.4 is 0 Å². The lowest BCUT2D eigenvalue weighted by Gasteiger charge is -2.33. The maximum absolute atomic E-state index is 14.3. The molecule has 32 heavy (non-hydrogen) atoms. The van der Waals surface area contributed by atoms with E-state index in [9.17, 15) is 23.1 Å². The molecule has 0 aliphatic carbocycles. The number of hydrogen-bond donors (Lipinski definition) is 2. The average molecular weight is 463 g/mol. The van der Waals surface area contributed by atoms with Crippen molar-refractivity contribution in [1.29, 1.82) is 0 Å². The van der Waals surface area contributed by atoms with Gasteiger partial charge >= 0.3 is 0 Å². The number of imidazole rings is 1. The van der Waals surface area contributed by atoms with E-state index in [-0.39, 0.29) is 18.0 Å². The smallest absolute Gasteiger partial charge is 0.292 e. The Bertz CT molecular complexity index is 1320. The zero-order valence-corrected chi connectivity index (χ0v) is 17.4. The van der Waals surface area contributed by atoms with Gasteiger partial charge in [-0.25, -0.2) is 28.1 Å². The molecule has 1 amide bonds. The van der Waals surface area contributed by atoms with Crippen LogP contribution in [0.25, 0.3) is 10.2 Å². The first kappa shape index (κ1) is 20.6. The summed E-state index contributed by atoms with van der Waals surface area (Å²) in [5, 5.41) is 10.1. The number of nitrogens with zero attached hydrogens (tertiary/aromatic N) is 4. The number of aromatic amines is 1. The molecular formula is C20H16F3N5O3S. The van der Waals surface area contributed by atoms with Crippen LogP contribution in [0.5, 0.6) is 0 Å². The fraction of sp³-hybridized carbons (Fsp3) is 0.300. The number of alkyl halides is 2. The zero-order chi connectivity index (χ0) is 22.6. The van der Waals surface area contributed by atoms with Crippen LogP contribution in [0.3, 0.4) is 0 Å². The molecular weight excluding hydrogens is 447 g/mol. The van der Waals surface area contributed by atoms with Crippen LogP contribution >= 0.6 is 11.3 Å². The van der Waals surface area contributed by atoms with Crippen molar-refractivity contribution in [3.8, 4) is 0 Å². The minimum atomic E-state index is -3.08. The molecule has 0 unspecified atom stereocenters. The summed E-state index contributed by atoms with van der Waals surface area (Å²) in [5.74, 6) is -2.36. The maximum Gasteiger partial charge on any atom is 0.292 e. The second-order valence-corrected chi connectivity index (χ2v) is 8.36. The van der Waals surface area contributed by atoms with Crippen molar-refractivity contribution in [1.82, 2.24) is 24.8 Å². The van der Waals surface area contributed by atoms with Gasteiger partial charge in [-0.2, -0.15) is 0 Å². The molecule has 3 aromatic heterocycles. The summed E-state index contributed by atoms with van der Waals surface area (Å²) >= 11 is 1.19. The van der Waals surface area contributed by atoms with Gasteiger partial charge in [-0.05, 0) is 19.1 Å². The summed E-state index contributed by atoms with van der Waals surface area (Å²) < 4.78 is 47.2. The first-order valence-electron chi connectivity index (χ1n) is 9.70. The molecule has 0 fully saturated rings. The van der Waals surface area contributed by atoms with E-state index in [1.165, 1.54) is 35.6 Å². The van der Waals surface area contributed by atoms with Gasteiger partial charge < -0.3 is 19.4 Å². The first-order chi connectivity index (χ1) is 15.3. The van der Waals surface area contributed by atoms with Crippen molar-refractivity contribution >= 4 is 27.5 Å². The maximum atomic E-state index is 14.3.